The number of nitrogens with zero attached hydrogens (tertiary/aromatic N) is 4. The molecular formula is C11H19N5S. The predicted octanol–water partition coefficient (Wildman–Crippen LogP) is 0.789. The number of aromatic nitrogens is 2. The highest BCUT2D eigenvalue weighted by atomic mass is 32.1. The van der Waals surface area contributed by atoms with E-state index in [0.717, 1.165) is 17.6 Å². The quantitative estimate of drug-likeness (QED) is 0.844. The molecule has 0 bridgehead atoms. The second-order valence-electron chi connectivity index (χ2n) is 5.10. The van der Waals surface area contributed by atoms with Crippen LogP contribution < -0.4 is 5.73 Å². The Hall–Kier alpha value is -0.720. The SMILES string of the molecule is CC1CN2CCCC2CN1Cc1nnc(N)s1. The molecule has 0 spiro atoms. The van der Waals surface area contributed by atoms with E-state index >= 15 is 0 Å². The van der Waals surface area contributed by atoms with Gasteiger partial charge in [-0.05, 0) is 26.3 Å². The molecule has 0 aliphatic carbocycles. The Kier molecular flexibility index (Phi) is 3.02. The lowest BCUT2D eigenvalue weighted by Crippen LogP contribution is -2.54. The van der Waals surface area contributed by atoms with Gasteiger partial charge in [0.1, 0.15) is 5.01 Å². The first-order valence-corrected chi connectivity index (χ1v) is 7.10. The summed E-state index contributed by atoms with van der Waals surface area (Å²) in [5, 5.41) is 9.62. The summed E-state index contributed by atoms with van der Waals surface area (Å²) in [5.41, 5.74) is 5.62. The van der Waals surface area contributed by atoms with Crippen molar-refractivity contribution < 1.29 is 0 Å². The third-order valence-electron chi connectivity index (χ3n) is 3.89. The van der Waals surface area contributed by atoms with Gasteiger partial charge in [-0.15, -0.1) is 10.2 Å². The largest absolute Gasteiger partial charge is 0.374 e. The maximum Gasteiger partial charge on any atom is 0.203 e. The van der Waals surface area contributed by atoms with Crippen LogP contribution in [0.5, 0.6) is 0 Å². The maximum atomic E-state index is 5.62. The summed E-state index contributed by atoms with van der Waals surface area (Å²) in [6.07, 6.45) is 2.71. The Morgan fingerprint density at radius 3 is 3.06 bits per heavy atom. The van der Waals surface area contributed by atoms with Gasteiger partial charge in [0.25, 0.3) is 0 Å². The summed E-state index contributed by atoms with van der Waals surface area (Å²) in [7, 11) is 0. The molecule has 6 heteroatoms. The molecule has 1 aromatic heterocycles. The molecule has 2 saturated heterocycles. The number of anilines is 1. The van der Waals surface area contributed by atoms with Gasteiger partial charge < -0.3 is 5.73 Å². The summed E-state index contributed by atoms with van der Waals surface area (Å²) in [6, 6.07) is 1.37. The van der Waals surface area contributed by atoms with Crippen molar-refractivity contribution in [3.8, 4) is 0 Å². The van der Waals surface area contributed by atoms with E-state index in [0.29, 0.717) is 11.2 Å². The number of rotatable bonds is 2. The van der Waals surface area contributed by atoms with Crippen LogP contribution in [0.4, 0.5) is 5.13 Å². The van der Waals surface area contributed by atoms with Crippen molar-refractivity contribution in [2.45, 2.75) is 38.4 Å². The lowest BCUT2D eigenvalue weighted by atomic mass is 10.1. The summed E-state index contributed by atoms with van der Waals surface area (Å²) < 4.78 is 0. The van der Waals surface area contributed by atoms with Gasteiger partial charge in [-0.1, -0.05) is 11.3 Å². The number of nitrogen functional groups attached to an aromatic ring is 1. The van der Waals surface area contributed by atoms with Gasteiger partial charge in [0.2, 0.25) is 5.13 Å². The van der Waals surface area contributed by atoms with Gasteiger partial charge >= 0.3 is 0 Å². The summed E-state index contributed by atoms with van der Waals surface area (Å²) in [5.74, 6) is 0. The molecule has 17 heavy (non-hydrogen) atoms. The zero-order chi connectivity index (χ0) is 11.8. The van der Waals surface area contributed by atoms with Gasteiger partial charge in [0.05, 0.1) is 6.54 Å². The normalized spacial score (nSPS) is 30.6. The first kappa shape index (κ1) is 11.4. The third-order valence-corrected chi connectivity index (χ3v) is 4.62. The maximum absolute atomic E-state index is 5.62. The number of hydrogen-bond acceptors (Lipinski definition) is 6. The Bertz CT molecular complexity index is 393. The second kappa shape index (κ2) is 4.51. The molecule has 0 radical (unpaired) electrons. The minimum absolute atomic E-state index is 0.576. The van der Waals surface area contributed by atoms with Gasteiger partial charge in [-0.25, -0.2) is 0 Å². The molecule has 2 N–H and O–H groups in total. The highest BCUT2D eigenvalue weighted by molar-refractivity contribution is 7.15. The van der Waals surface area contributed by atoms with Gasteiger partial charge in [0, 0.05) is 25.2 Å². The Morgan fingerprint density at radius 2 is 2.29 bits per heavy atom. The molecule has 2 aliphatic heterocycles. The van der Waals surface area contributed by atoms with Crippen LogP contribution >= 0.6 is 11.3 Å². The van der Waals surface area contributed by atoms with Crippen LogP contribution in [0.25, 0.3) is 0 Å². The highest BCUT2D eigenvalue weighted by Crippen LogP contribution is 2.26. The Morgan fingerprint density at radius 1 is 1.41 bits per heavy atom. The van der Waals surface area contributed by atoms with Crippen molar-refractivity contribution in [2.24, 2.45) is 0 Å². The van der Waals surface area contributed by atoms with Gasteiger partial charge in [-0.2, -0.15) is 0 Å². The van der Waals surface area contributed by atoms with Crippen LogP contribution in [0.15, 0.2) is 0 Å². The van der Waals surface area contributed by atoms with E-state index in [1.165, 1.54) is 43.8 Å². The number of fused-ring (bicyclic) bond motifs is 1. The minimum atomic E-state index is 0.576. The first-order valence-electron chi connectivity index (χ1n) is 6.28. The molecule has 94 valence electrons. The second-order valence-corrected chi connectivity index (χ2v) is 6.20. The lowest BCUT2D eigenvalue weighted by molar-refractivity contribution is 0.0538. The summed E-state index contributed by atoms with van der Waals surface area (Å²) in [6.45, 7) is 6.85. The molecule has 2 fully saturated rings. The van der Waals surface area contributed by atoms with Gasteiger partial charge in [0.15, 0.2) is 0 Å². The van der Waals surface area contributed by atoms with Crippen LogP contribution in [0.2, 0.25) is 0 Å². The lowest BCUT2D eigenvalue weighted by Gasteiger charge is -2.41. The first-order chi connectivity index (χ1) is 8.22. The topological polar surface area (TPSA) is 58.3 Å². The van der Waals surface area contributed by atoms with Crippen LogP contribution in [0.1, 0.15) is 24.8 Å². The minimum Gasteiger partial charge on any atom is -0.374 e. The molecular weight excluding hydrogens is 234 g/mol. The summed E-state index contributed by atoms with van der Waals surface area (Å²) in [4.78, 5) is 5.15. The van der Waals surface area contributed by atoms with E-state index in [-0.39, 0.29) is 0 Å². The van der Waals surface area contributed by atoms with Crippen molar-refractivity contribution in [1.29, 1.82) is 0 Å². The third kappa shape index (κ3) is 2.29. The number of hydrogen-bond donors (Lipinski definition) is 1. The van der Waals surface area contributed by atoms with Crippen LogP contribution in [-0.2, 0) is 6.54 Å². The average molecular weight is 253 g/mol. The van der Waals surface area contributed by atoms with Crippen LogP contribution in [-0.4, -0.2) is 51.7 Å². The molecule has 2 unspecified atom stereocenters. The standard InChI is InChI=1S/C11H19N5S/c1-8-5-15-4-2-3-9(15)6-16(8)7-10-13-14-11(12)17-10/h8-9H,2-7H2,1H3,(H2,12,14). The predicted molar refractivity (Wildman–Crippen MR) is 68.8 cm³/mol. The van der Waals surface area contributed by atoms with E-state index in [1.807, 2.05) is 0 Å². The van der Waals surface area contributed by atoms with Crippen molar-refractivity contribution in [1.82, 2.24) is 20.0 Å². The molecule has 3 rings (SSSR count). The molecule has 2 atom stereocenters. The van der Waals surface area contributed by atoms with Gasteiger partial charge in [-0.3, -0.25) is 9.80 Å². The van der Waals surface area contributed by atoms with E-state index in [1.54, 1.807) is 0 Å². The summed E-state index contributed by atoms with van der Waals surface area (Å²) >= 11 is 1.51. The van der Waals surface area contributed by atoms with E-state index in [9.17, 15) is 0 Å². The van der Waals surface area contributed by atoms with E-state index < -0.39 is 0 Å². The fraction of sp³-hybridized carbons (Fsp3) is 0.818. The monoisotopic (exact) mass is 253 g/mol. The Labute approximate surface area is 106 Å². The van der Waals surface area contributed by atoms with Crippen LogP contribution in [0.3, 0.4) is 0 Å². The average Bonchev–Trinajstić information content (AvgIpc) is 2.88. The molecule has 2 aliphatic rings. The number of nitrogens with two attached hydrogens (primary N) is 1. The van der Waals surface area contributed by atoms with Crippen molar-refractivity contribution >= 4 is 16.5 Å². The zero-order valence-electron chi connectivity index (χ0n) is 10.2. The Balaban J connectivity index is 1.66. The molecule has 0 saturated carbocycles. The zero-order valence-corrected chi connectivity index (χ0v) is 11.0. The van der Waals surface area contributed by atoms with E-state index in [2.05, 4.69) is 26.9 Å². The molecule has 3 heterocycles. The smallest absolute Gasteiger partial charge is 0.203 e. The van der Waals surface area contributed by atoms with Crippen LogP contribution in [0, 0.1) is 0 Å². The van der Waals surface area contributed by atoms with Crippen molar-refractivity contribution in [3.05, 3.63) is 5.01 Å². The fourth-order valence-electron chi connectivity index (χ4n) is 2.97. The highest BCUT2D eigenvalue weighted by Gasteiger charge is 2.34. The van der Waals surface area contributed by atoms with E-state index in [4.69, 9.17) is 5.73 Å². The molecule has 0 aromatic carbocycles. The fourth-order valence-corrected chi connectivity index (χ4v) is 3.61. The number of piperazine rings is 1. The van der Waals surface area contributed by atoms with Crippen molar-refractivity contribution in [2.75, 3.05) is 25.4 Å². The molecule has 1 aromatic rings. The van der Waals surface area contributed by atoms with Crippen molar-refractivity contribution in [3.63, 3.8) is 0 Å². The molecule has 5 nitrogen and oxygen atoms in total. The molecule has 0 amide bonds.